The minimum absolute atomic E-state index is 0.0655. The molecule has 8 heteroatoms. The Balaban J connectivity index is 4.45. The number of halogens is 5. The molecule has 0 aromatic carbocycles. The standard InChI is InChI=1S/C11H17BrClF3O3/c1-8(7-19-9(2,17-3)18-4)5-6-10(12,13)11(14,15)16/h5H,6-7H2,1-4H3. The summed E-state index contributed by atoms with van der Waals surface area (Å²) in [4.78, 5) is 0. The van der Waals surface area contributed by atoms with Crippen LogP contribution in [-0.4, -0.2) is 36.8 Å². The summed E-state index contributed by atoms with van der Waals surface area (Å²) in [5, 5.41) is 0. The van der Waals surface area contributed by atoms with Crippen molar-refractivity contribution in [3.05, 3.63) is 11.6 Å². The Kier molecular flexibility index (Phi) is 7.33. The fourth-order valence-electron chi connectivity index (χ4n) is 0.923. The highest BCUT2D eigenvalue weighted by atomic mass is 79.9. The second kappa shape index (κ2) is 7.26. The Hall–Kier alpha value is 0.180. The third kappa shape index (κ3) is 6.44. The van der Waals surface area contributed by atoms with E-state index in [2.05, 4.69) is 15.9 Å². The van der Waals surface area contributed by atoms with Crippen molar-refractivity contribution in [3.8, 4) is 0 Å². The van der Waals surface area contributed by atoms with Crippen molar-refractivity contribution < 1.29 is 27.4 Å². The van der Waals surface area contributed by atoms with Crippen molar-refractivity contribution in [1.82, 2.24) is 0 Å². The normalized spacial score (nSPS) is 17.4. The van der Waals surface area contributed by atoms with Crippen LogP contribution >= 0.6 is 27.5 Å². The van der Waals surface area contributed by atoms with Crippen LogP contribution < -0.4 is 0 Å². The second-order valence-corrected chi connectivity index (χ2v) is 6.47. The first kappa shape index (κ1) is 19.2. The van der Waals surface area contributed by atoms with Gasteiger partial charge in [0, 0.05) is 27.6 Å². The maximum Gasteiger partial charge on any atom is 0.417 e. The average molecular weight is 370 g/mol. The van der Waals surface area contributed by atoms with Gasteiger partial charge in [-0.3, -0.25) is 0 Å². The summed E-state index contributed by atoms with van der Waals surface area (Å²) < 4.78 is 50.2. The van der Waals surface area contributed by atoms with Crippen molar-refractivity contribution in [1.29, 1.82) is 0 Å². The van der Waals surface area contributed by atoms with Gasteiger partial charge in [0.05, 0.1) is 6.61 Å². The quantitative estimate of drug-likeness (QED) is 0.382. The molecular formula is C11H17BrClF3O3. The van der Waals surface area contributed by atoms with E-state index in [1.807, 2.05) is 0 Å². The topological polar surface area (TPSA) is 27.7 Å². The Bertz CT molecular complexity index is 315. The molecule has 0 radical (unpaired) electrons. The van der Waals surface area contributed by atoms with Gasteiger partial charge in [-0.2, -0.15) is 13.2 Å². The number of hydrogen-bond donors (Lipinski definition) is 0. The van der Waals surface area contributed by atoms with Gasteiger partial charge in [0.2, 0.25) is 0 Å². The van der Waals surface area contributed by atoms with E-state index >= 15 is 0 Å². The molecule has 0 spiro atoms. The van der Waals surface area contributed by atoms with Gasteiger partial charge in [0.1, 0.15) is 0 Å². The summed E-state index contributed by atoms with van der Waals surface area (Å²) in [5.74, 6) is -1.23. The summed E-state index contributed by atoms with van der Waals surface area (Å²) in [6.45, 7) is 3.24. The molecule has 1 unspecified atom stereocenters. The van der Waals surface area contributed by atoms with Gasteiger partial charge in [-0.05, 0) is 6.92 Å². The highest BCUT2D eigenvalue weighted by molar-refractivity contribution is 9.10. The van der Waals surface area contributed by atoms with Crippen molar-refractivity contribution in [2.45, 2.75) is 36.2 Å². The van der Waals surface area contributed by atoms with E-state index in [0.29, 0.717) is 5.57 Å². The number of rotatable bonds is 7. The fraction of sp³-hybridized carbons (Fsp3) is 0.818. The summed E-state index contributed by atoms with van der Waals surface area (Å²) >= 11 is 7.81. The van der Waals surface area contributed by atoms with Crippen LogP contribution in [0.1, 0.15) is 20.3 Å². The molecule has 3 nitrogen and oxygen atoms in total. The van der Waals surface area contributed by atoms with Crippen LogP contribution in [0, 0.1) is 0 Å². The zero-order valence-electron chi connectivity index (χ0n) is 11.1. The molecule has 0 saturated heterocycles. The highest BCUT2D eigenvalue weighted by Crippen LogP contribution is 2.44. The second-order valence-electron chi connectivity index (χ2n) is 4.02. The molecule has 0 N–H and O–H groups in total. The Labute approximate surface area is 124 Å². The first-order valence-electron chi connectivity index (χ1n) is 5.32. The third-order valence-electron chi connectivity index (χ3n) is 2.43. The molecule has 0 saturated carbocycles. The molecular weight excluding hydrogens is 352 g/mol. The molecule has 0 heterocycles. The van der Waals surface area contributed by atoms with Crippen LogP contribution in [0.5, 0.6) is 0 Å². The van der Waals surface area contributed by atoms with E-state index in [0.717, 1.165) is 0 Å². The number of hydrogen-bond acceptors (Lipinski definition) is 3. The molecule has 0 rings (SSSR count). The van der Waals surface area contributed by atoms with Gasteiger partial charge in [-0.25, -0.2) is 0 Å². The lowest BCUT2D eigenvalue weighted by Crippen LogP contribution is -2.34. The molecule has 19 heavy (non-hydrogen) atoms. The largest absolute Gasteiger partial charge is 0.417 e. The smallest absolute Gasteiger partial charge is 0.331 e. The minimum atomic E-state index is -4.54. The Morgan fingerprint density at radius 1 is 1.26 bits per heavy atom. The van der Waals surface area contributed by atoms with Gasteiger partial charge < -0.3 is 14.2 Å². The number of ether oxygens (including phenoxy) is 3. The number of methoxy groups -OCH3 is 2. The molecule has 1 atom stereocenters. The molecule has 0 aromatic heterocycles. The maximum atomic E-state index is 12.5. The third-order valence-corrected chi connectivity index (χ3v) is 3.57. The van der Waals surface area contributed by atoms with Crippen molar-refractivity contribution >= 4 is 27.5 Å². The summed E-state index contributed by atoms with van der Waals surface area (Å²) in [5.41, 5.74) is 0.578. The van der Waals surface area contributed by atoms with Gasteiger partial charge in [-0.15, -0.1) is 0 Å². The van der Waals surface area contributed by atoms with Gasteiger partial charge >= 0.3 is 6.18 Å². The van der Waals surface area contributed by atoms with Gasteiger partial charge in [0.15, 0.2) is 3.78 Å². The molecule has 0 aliphatic carbocycles. The van der Waals surface area contributed by atoms with Crippen LogP contribution in [0.15, 0.2) is 11.6 Å². The zero-order chi connectivity index (χ0) is 15.3. The summed E-state index contributed by atoms with van der Waals surface area (Å²) in [6.07, 6.45) is -3.61. The van der Waals surface area contributed by atoms with Crippen LogP contribution in [-0.2, 0) is 14.2 Å². The van der Waals surface area contributed by atoms with E-state index in [-0.39, 0.29) is 6.61 Å². The maximum absolute atomic E-state index is 12.5. The Morgan fingerprint density at radius 3 is 2.11 bits per heavy atom. The van der Waals surface area contributed by atoms with Crippen LogP contribution in [0.4, 0.5) is 13.2 Å². The monoisotopic (exact) mass is 368 g/mol. The van der Waals surface area contributed by atoms with Crippen LogP contribution in [0.2, 0.25) is 0 Å². The highest BCUT2D eigenvalue weighted by Gasteiger charge is 2.51. The number of alkyl halides is 5. The van der Waals surface area contributed by atoms with E-state index in [1.165, 1.54) is 20.3 Å². The van der Waals surface area contributed by atoms with E-state index < -0.39 is 22.4 Å². The molecule has 0 amide bonds. The zero-order valence-corrected chi connectivity index (χ0v) is 13.4. The predicted molar refractivity (Wildman–Crippen MR) is 70.3 cm³/mol. The predicted octanol–water partition coefficient (Wildman–Crippen LogP) is 4.20. The van der Waals surface area contributed by atoms with Crippen molar-refractivity contribution in [2.75, 3.05) is 20.8 Å². The molecule has 0 aromatic rings. The van der Waals surface area contributed by atoms with Crippen LogP contribution in [0.25, 0.3) is 0 Å². The molecule has 0 bridgehead atoms. The summed E-state index contributed by atoms with van der Waals surface area (Å²) in [6, 6.07) is 0. The lowest BCUT2D eigenvalue weighted by Gasteiger charge is -2.26. The van der Waals surface area contributed by atoms with Gasteiger partial charge in [0.25, 0.3) is 5.97 Å². The van der Waals surface area contributed by atoms with E-state index in [1.54, 1.807) is 13.8 Å². The SMILES string of the molecule is COC(C)(OC)OCC(C)=CCC(Cl)(Br)C(F)(F)F. The minimum Gasteiger partial charge on any atom is -0.331 e. The fourth-order valence-corrected chi connectivity index (χ4v) is 1.16. The molecule has 0 aliphatic rings. The number of allylic oxidation sites excluding steroid dienone is 1. The lowest BCUT2D eigenvalue weighted by molar-refractivity contribution is -0.347. The molecule has 0 aliphatic heterocycles. The van der Waals surface area contributed by atoms with Gasteiger partial charge in [-0.1, -0.05) is 39.2 Å². The van der Waals surface area contributed by atoms with E-state index in [4.69, 9.17) is 25.8 Å². The van der Waals surface area contributed by atoms with Crippen molar-refractivity contribution in [3.63, 3.8) is 0 Å². The first-order valence-corrected chi connectivity index (χ1v) is 6.49. The summed E-state index contributed by atoms with van der Waals surface area (Å²) in [7, 11) is 2.79. The Morgan fingerprint density at radius 2 is 1.74 bits per heavy atom. The van der Waals surface area contributed by atoms with E-state index in [9.17, 15) is 13.2 Å². The molecule has 0 fully saturated rings. The molecule has 114 valence electrons. The van der Waals surface area contributed by atoms with Crippen molar-refractivity contribution in [2.24, 2.45) is 0 Å². The first-order chi connectivity index (χ1) is 8.47. The lowest BCUT2D eigenvalue weighted by atomic mass is 10.2. The van der Waals surface area contributed by atoms with Crippen LogP contribution in [0.3, 0.4) is 0 Å². The average Bonchev–Trinajstić information content (AvgIpc) is 2.32.